The summed E-state index contributed by atoms with van der Waals surface area (Å²) >= 11 is 0. The summed E-state index contributed by atoms with van der Waals surface area (Å²) in [5.41, 5.74) is 1.47. The first-order chi connectivity index (χ1) is 10.5. The Bertz CT molecular complexity index is 660. The smallest absolute Gasteiger partial charge is 0.123 e. The van der Waals surface area contributed by atoms with Crippen LogP contribution in [0.25, 0.3) is 11.3 Å². The van der Waals surface area contributed by atoms with Crippen molar-refractivity contribution in [3.05, 3.63) is 36.3 Å². The van der Waals surface area contributed by atoms with Gasteiger partial charge >= 0.3 is 0 Å². The standard InChI is InChI=1S/C13H17N3O/c1-15(2)9-13-14-8-12(16(13)3)10-4-6-11(17)7-5-10/h4-8,17H,9H2,1-3H3/i1D3,2D3. The average Bonchev–Trinajstić information content (AvgIpc) is 2.76. The first-order valence-electron chi connectivity index (χ1n) is 8.08. The van der Waals surface area contributed by atoms with Gasteiger partial charge in [-0.25, -0.2) is 4.98 Å². The molecule has 0 radical (unpaired) electrons. The fourth-order valence-corrected chi connectivity index (χ4v) is 1.64. The molecule has 17 heavy (non-hydrogen) atoms. The molecule has 2 rings (SSSR count). The Balaban J connectivity index is 2.33. The van der Waals surface area contributed by atoms with Gasteiger partial charge in [0.1, 0.15) is 11.6 Å². The van der Waals surface area contributed by atoms with Crippen LogP contribution in [0.5, 0.6) is 5.75 Å². The van der Waals surface area contributed by atoms with Crippen LogP contribution >= 0.6 is 0 Å². The highest BCUT2D eigenvalue weighted by Crippen LogP contribution is 2.22. The van der Waals surface area contributed by atoms with E-state index in [9.17, 15) is 5.11 Å². The maximum absolute atomic E-state index is 9.32. The van der Waals surface area contributed by atoms with E-state index in [1.165, 1.54) is 12.1 Å². The van der Waals surface area contributed by atoms with Gasteiger partial charge in [-0.2, -0.15) is 0 Å². The lowest BCUT2D eigenvalue weighted by molar-refractivity contribution is 0.385. The number of hydrogen-bond acceptors (Lipinski definition) is 3. The third-order valence-corrected chi connectivity index (χ3v) is 2.55. The van der Waals surface area contributed by atoms with Gasteiger partial charge in [0, 0.05) is 20.8 Å². The summed E-state index contributed by atoms with van der Waals surface area (Å²) in [5, 5.41) is 9.32. The molecule has 0 aliphatic carbocycles. The molecule has 0 saturated carbocycles. The van der Waals surface area contributed by atoms with Crippen LogP contribution in [0, 0.1) is 0 Å². The van der Waals surface area contributed by atoms with Crippen LogP contribution in [0.1, 0.15) is 14.0 Å². The molecule has 1 N–H and O–H groups in total. The van der Waals surface area contributed by atoms with Crippen molar-refractivity contribution in [3.63, 3.8) is 0 Å². The Morgan fingerprint density at radius 2 is 2.06 bits per heavy atom. The van der Waals surface area contributed by atoms with Gasteiger partial charge in [0.05, 0.1) is 18.4 Å². The van der Waals surface area contributed by atoms with E-state index in [0.29, 0.717) is 16.4 Å². The second-order valence-corrected chi connectivity index (χ2v) is 3.75. The Hall–Kier alpha value is -1.81. The molecule has 2 aromatic rings. The molecule has 1 heterocycles. The van der Waals surface area contributed by atoms with Crippen molar-refractivity contribution in [1.82, 2.24) is 14.5 Å². The van der Waals surface area contributed by atoms with Crippen molar-refractivity contribution in [2.45, 2.75) is 6.54 Å². The first kappa shape index (κ1) is 6.21. The minimum Gasteiger partial charge on any atom is -0.508 e. The molecule has 4 heteroatoms. The summed E-state index contributed by atoms with van der Waals surface area (Å²) in [6.07, 6.45) is 1.54. The number of benzene rings is 1. The number of aromatic nitrogens is 2. The van der Waals surface area contributed by atoms with E-state index in [1.54, 1.807) is 29.9 Å². The third-order valence-electron chi connectivity index (χ3n) is 2.55. The quantitative estimate of drug-likeness (QED) is 0.886. The maximum atomic E-state index is 9.32. The van der Waals surface area contributed by atoms with Crippen molar-refractivity contribution < 1.29 is 13.3 Å². The molecule has 0 saturated heterocycles. The van der Waals surface area contributed by atoms with Crippen LogP contribution in [0.3, 0.4) is 0 Å². The van der Waals surface area contributed by atoms with Crippen LogP contribution in [-0.4, -0.2) is 33.5 Å². The SMILES string of the molecule is [2H]C([2H])([2H])N(Cc1ncc(-c2ccc(O)cc2)n1C)C([2H])([2H])[2H]. The monoisotopic (exact) mass is 237 g/mol. The fourth-order valence-electron chi connectivity index (χ4n) is 1.64. The number of nitrogens with zero attached hydrogens (tertiary/aromatic N) is 3. The van der Waals surface area contributed by atoms with Crippen LogP contribution < -0.4 is 0 Å². The average molecular weight is 237 g/mol. The van der Waals surface area contributed by atoms with E-state index in [-0.39, 0.29) is 12.3 Å². The molecule has 1 aromatic heterocycles. The summed E-state index contributed by atoms with van der Waals surface area (Å²) in [4.78, 5) is 4.60. The Kier molecular flexibility index (Phi) is 1.68. The second-order valence-electron chi connectivity index (χ2n) is 3.75. The van der Waals surface area contributed by atoms with Gasteiger partial charge in [-0.1, -0.05) is 0 Å². The van der Waals surface area contributed by atoms with Crippen LogP contribution in [0.4, 0.5) is 0 Å². The number of hydrogen-bond donors (Lipinski definition) is 1. The second kappa shape index (κ2) is 4.59. The molecular weight excluding hydrogens is 214 g/mol. The number of phenols is 1. The minimum atomic E-state index is -2.75. The predicted molar refractivity (Wildman–Crippen MR) is 67.7 cm³/mol. The molecule has 0 aliphatic heterocycles. The van der Waals surface area contributed by atoms with E-state index < -0.39 is 14.0 Å². The molecule has 90 valence electrons. The van der Waals surface area contributed by atoms with Crippen molar-refractivity contribution in [2.24, 2.45) is 7.05 Å². The highest BCUT2D eigenvalue weighted by atomic mass is 16.3. The first-order valence-corrected chi connectivity index (χ1v) is 5.08. The molecule has 0 fully saturated rings. The van der Waals surface area contributed by atoms with Crippen LogP contribution in [-0.2, 0) is 13.6 Å². The van der Waals surface area contributed by atoms with Crippen molar-refractivity contribution in [2.75, 3.05) is 14.0 Å². The van der Waals surface area contributed by atoms with E-state index in [2.05, 4.69) is 4.98 Å². The summed E-state index contributed by atoms with van der Waals surface area (Å²) in [6.45, 7) is -5.84. The molecule has 0 aliphatic rings. The Morgan fingerprint density at radius 1 is 1.35 bits per heavy atom. The van der Waals surface area contributed by atoms with Crippen molar-refractivity contribution >= 4 is 0 Å². The maximum Gasteiger partial charge on any atom is 0.123 e. The van der Waals surface area contributed by atoms with Gasteiger partial charge in [-0.05, 0) is 38.2 Å². The number of aromatic hydroxyl groups is 1. The predicted octanol–water partition coefficient (Wildman–Crippen LogP) is 1.85. The van der Waals surface area contributed by atoms with Crippen LogP contribution in [0.2, 0.25) is 0 Å². The molecular formula is C13H17N3O. The molecule has 1 aromatic carbocycles. The molecule has 0 bridgehead atoms. The lowest BCUT2D eigenvalue weighted by Crippen LogP contribution is -2.14. The van der Waals surface area contributed by atoms with E-state index in [4.69, 9.17) is 8.22 Å². The third kappa shape index (κ3) is 2.47. The highest BCUT2D eigenvalue weighted by molar-refractivity contribution is 5.60. The highest BCUT2D eigenvalue weighted by Gasteiger charge is 2.08. The van der Waals surface area contributed by atoms with Gasteiger partial charge in [-0.3, -0.25) is 0 Å². The minimum absolute atomic E-state index is 0.132. The topological polar surface area (TPSA) is 41.3 Å². The Labute approximate surface area is 110 Å². The van der Waals surface area contributed by atoms with E-state index >= 15 is 0 Å². The molecule has 0 amide bonds. The number of rotatable bonds is 3. The van der Waals surface area contributed by atoms with E-state index in [0.717, 1.165) is 5.56 Å². The molecule has 0 spiro atoms. The van der Waals surface area contributed by atoms with Gasteiger partial charge in [0.2, 0.25) is 0 Å². The molecule has 0 unspecified atom stereocenters. The van der Waals surface area contributed by atoms with Gasteiger partial charge in [0.15, 0.2) is 0 Å². The summed E-state index contributed by atoms with van der Waals surface area (Å²) < 4.78 is 46.0. The zero-order valence-electron chi connectivity index (χ0n) is 15.4. The van der Waals surface area contributed by atoms with Gasteiger partial charge in [-0.15, -0.1) is 0 Å². The zero-order chi connectivity index (χ0) is 17.4. The number of phenolic OH excluding ortho intramolecular Hbond substituents is 1. The summed E-state index contributed by atoms with van der Waals surface area (Å²) in [7, 11) is 1.68. The molecule has 4 nitrogen and oxygen atoms in total. The van der Waals surface area contributed by atoms with Crippen molar-refractivity contribution in [3.8, 4) is 17.0 Å². The Morgan fingerprint density at radius 3 is 2.71 bits per heavy atom. The molecule has 0 atom stereocenters. The summed E-state index contributed by atoms with van der Waals surface area (Å²) in [6, 6.07) is 6.45. The fraction of sp³-hybridized carbons (Fsp3) is 0.308. The summed E-state index contributed by atoms with van der Waals surface area (Å²) in [5.74, 6) is 0.451. The van der Waals surface area contributed by atoms with Gasteiger partial charge < -0.3 is 14.6 Å². The lowest BCUT2D eigenvalue weighted by Gasteiger charge is -2.10. The largest absolute Gasteiger partial charge is 0.508 e. The van der Waals surface area contributed by atoms with Gasteiger partial charge in [0.25, 0.3) is 0 Å². The van der Waals surface area contributed by atoms with Crippen molar-refractivity contribution in [1.29, 1.82) is 0 Å². The normalized spacial score (nSPS) is 17.8. The lowest BCUT2D eigenvalue weighted by atomic mass is 10.1. The zero-order valence-corrected chi connectivity index (χ0v) is 9.38. The van der Waals surface area contributed by atoms with E-state index in [1.807, 2.05) is 0 Å². The number of imidazole rings is 1. The van der Waals surface area contributed by atoms with Crippen LogP contribution in [0.15, 0.2) is 30.5 Å².